The molecule has 2 amide bonds. The molecule has 3 N–H and O–H groups in total. The average molecular weight is 259 g/mol. The largest absolute Gasteiger partial charge is 0.481 e. The maximum absolute atomic E-state index is 11.9. The van der Waals surface area contributed by atoms with Crippen molar-refractivity contribution in [3.8, 4) is 0 Å². The molecule has 0 aliphatic heterocycles. The molecule has 0 saturated carbocycles. The van der Waals surface area contributed by atoms with Crippen molar-refractivity contribution in [2.45, 2.75) is 33.2 Å². The number of carboxylic acid groups (broad SMARTS) is 1. The van der Waals surface area contributed by atoms with Crippen molar-refractivity contribution < 1.29 is 14.7 Å². The van der Waals surface area contributed by atoms with Crippen molar-refractivity contribution in [2.75, 3.05) is 27.2 Å². The third-order valence-electron chi connectivity index (χ3n) is 3.56. The van der Waals surface area contributed by atoms with Crippen molar-refractivity contribution in [3.63, 3.8) is 0 Å². The summed E-state index contributed by atoms with van der Waals surface area (Å²) in [5.41, 5.74) is -1.89. The van der Waals surface area contributed by atoms with Crippen LogP contribution in [0.5, 0.6) is 0 Å². The van der Waals surface area contributed by atoms with Crippen LogP contribution < -0.4 is 10.6 Å². The van der Waals surface area contributed by atoms with Crippen LogP contribution in [0.3, 0.4) is 0 Å². The van der Waals surface area contributed by atoms with Gasteiger partial charge in [0.1, 0.15) is 0 Å². The molecule has 0 aromatic rings. The zero-order valence-electron chi connectivity index (χ0n) is 12.1. The molecule has 0 aliphatic carbocycles. The Hall–Kier alpha value is -1.30. The van der Waals surface area contributed by atoms with E-state index in [9.17, 15) is 14.7 Å². The highest BCUT2D eigenvalue weighted by molar-refractivity contribution is 5.79. The van der Waals surface area contributed by atoms with Crippen LogP contribution in [0.2, 0.25) is 0 Å². The number of rotatable bonds is 6. The van der Waals surface area contributed by atoms with E-state index in [2.05, 4.69) is 10.6 Å². The van der Waals surface area contributed by atoms with Gasteiger partial charge in [-0.05, 0) is 34.7 Å². The summed E-state index contributed by atoms with van der Waals surface area (Å²) in [5, 5.41) is 14.9. The zero-order chi connectivity index (χ0) is 14.6. The van der Waals surface area contributed by atoms with Crippen molar-refractivity contribution in [2.24, 2.45) is 5.41 Å². The van der Waals surface area contributed by atoms with Crippen LogP contribution in [0.15, 0.2) is 0 Å². The third kappa shape index (κ3) is 3.87. The molecule has 6 nitrogen and oxygen atoms in total. The van der Waals surface area contributed by atoms with Crippen molar-refractivity contribution in [1.29, 1.82) is 0 Å². The van der Waals surface area contributed by atoms with E-state index < -0.39 is 16.9 Å². The number of carbonyl (C=O) groups excluding carboxylic acids is 1. The summed E-state index contributed by atoms with van der Waals surface area (Å²) in [6.45, 7) is 7.88. The predicted octanol–water partition coefficient (Wildman–Crippen LogP) is 0.737. The van der Waals surface area contributed by atoms with E-state index in [0.717, 1.165) is 0 Å². The zero-order valence-corrected chi connectivity index (χ0v) is 12.1. The summed E-state index contributed by atoms with van der Waals surface area (Å²) in [5.74, 6) is -0.939. The van der Waals surface area contributed by atoms with Crippen molar-refractivity contribution >= 4 is 12.0 Å². The fourth-order valence-electron chi connectivity index (χ4n) is 1.17. The number of carbonyl (C=O) groups is 2. The Morgan fingerprint density at radius 3 is 2.11 bits per heavy atom. The van der Waals surface area contributed by atoms with Crippen LogP contribution >= 0.6 is 0 Å². The maximum atomic E-state index is 11.9. The molecule has 6 heteroatoms. The van der Waals surface area contributed by atoms with E-state index in [0.29, 0.717) is 13.1 Å². The number of nitrogens with one attached hydrogen (secondary N) is 2. The van der Waals surface area contributed by atoms with Gasteiger partial charge in [0.05, 0.1) is 11.0 Å². The second-order valence-electron chi connectivity index (χ2n) is 5.51. The lowest BCUT2D eigenvalue weighted by molar-refractivity contribution is -0.150. The second kappa shape index (κ2) is 6.04. The van der Waals surface area contributed by atoms with Gasteiger partial charge in [-0.2, -0.15) is 0 Å². The van der Waals surface area contributed by atoms with Gasteiger partial charge in [-0.1, -0.05) is 0 Å². The Morgan fingerprint density at radius 1 is 1.22 bits per heavy atom. The van der Waals surface area contributed by atoms with Crippen LogP contribution in [0, 0.1) is 5.41 Å². The average Bonchev–Trinajstić information content (AvgIpc) is 2.24. The number of nitrogens with zero attached hydrogens (tertiary/aromatic N) is 1. The van der Waals surface area contributed by atoms with Gasteiger partial charge in [0.2, 0.25) is 0 Å². The summed E-state index contributed by atoms with van der Waals surface area (Å²) >= 11 is 0. The molecule has 0 heterocycles. The number of aliphatic carboxylic acids is 1. The van der Waals surface area contributed by atoms with Gasteiger partial charge in [-0.15, -0.1) is 0 Å². The molecule has 0 aromatic heterocycles. The monoisotopic (exact) mass is 259 g/mol. The number of hydrogen-bond acceptors (Lipinski definition) is 3. The lowest BCUT2D eigenvalue weighted by Crippen LogP contribution is -2.59. The van der Waals surface area contributed by atoms with E-state index in [1.807, 2.05) is 7.05 Å². The van der Waals surface area contributed by atoms with Gasteiger partial charge in [0, 0.05) is 20.1 Å². The summed E-state index contributed by atoms with van der Waals surface area (Å²) in [7, 11) is 3.49. The van der Waals surface area contributed by atoms with Crippen molar-refractivity contribution in [1.82, 2.24) is 15.5 Å². The van der Waals surface area contributed by atoms with Gasteiger partial charge in [0.15, 0.2) is 0 Å². The van der Waals surface area contributed by atoms with E-state index >= 15 is 0 Å². The normalized spacial score (nSPS) is 12.1. The van der Waals surface area contributed by atoms with Gasteiger partial charge < -0.3 is 20.6 Å². The fourth-order valence-corrected chi connectivity index (χ4v) is 1.17. The lowest BCUT2D eigenvalue weighted by atomic mass is 9.74. The number of hydrogen-bond donors (Lipinski definition) is 3. The first-order valence-corrected chi connectivity index (χ1v) is 5.97. The Bertz CT molecular complexity index is 314. The minimum absolute atomic E-state index is 0.274. The molecule has 0 saturated heterocycles. The van der Waals surface area contributed by atoms with Gasteiger partial charge in [0.25, 0.3) is 0 Å². The smallest absolute Gasteiger partial charge is 0.317 e. The summed E-state index contributed by atoms with van der Waals surface area (Å²) in [4.78, 5) is 24.7. The standard InChI is InChI=1S/C12H25N3O3/c1-11(2,9(16)17)12(3,4)14-10(18)15(6)8-7-13-5/h13H,7-8H2,1-6H3,(H,14,18)(H,16,17). The Labute approximate surface area is 109 Å². The number of amides is 2. The molecule has 0 bridgehead atoms. The first kappa shape index (κ1) is 16.7. The Kier molecular flexibility index (Phi) is 5.60. The third-order valence-corrected chi connectivity index (χ3v) is 3.56. The predicted molar refractivity (Wildman–Crippen MR) is 70.6 cm³/mol. The number of carboxylic acids is 1. The lowest BCUT2D eigenvalue weighted by Gasteiger charge is -2.39. The topological polar surface area (TPSA) is 81.7 Å². The van der Waals surface area contributed by atoms with Gasteiger partial charge >= 0.3 is 12.0 Å². The minimum atomic E-state index is -1.05. The maximum Gasteiger partial charge on any atom is 0.317 e. The molecule has 0 aromatic carbocycles. The molecule has 0 radical (unpaired) electrons. The van der Waals surface area contributed by atoms with Gasteiger partial charge in [-0.3, -0.25) is 4.79 Å². The highest BCUT2D eigenvalue weighted by Crippen LogP contribution is 2.30. The molecule has 0 unspecified atom stereocenters. The van der Waals surface area contributed by atoms with Gasteiger partial charge in [-0.25, -0.2) is 4.79 Å². The summed E-state index contributed by atoms with van der Waals surface area (Å²) < 4.78 is 0. The first-order chi connectivity index (χ1) is 8.06. The first-order valence-electron chi connectivity index (χ1n) is 5.97. The Morgan fingerprint density at radius 2 is 1.72 bits per heavy atom. The fraction of sp³-hybridized carbons (Fsp3) is 0.833. The van der Waals surface area contributed by atoms with E-state index in [1.54, 1.807) is 34.7 Å². The second-order valence-corrected chi connectivity index (χ2v) is 5.51. The SMILES string of the molecule is CNCCN(C)C(=O)NC(C)(C)C(C)(C)C(=O)O. The number of likely N-dealkylation sites (N-methyl/N-ethyl adjacent to an activating group) is 2. The highest BCUT2D eigenvalue weighted by Gasteiger charge is 2.44. The molecule has 0 aliphatic rings. The molecule has 18 heavy (non-hydrogen) atoms. The van der Waals surface area contributed by atoms with Crippen molar-refractivity contribution in [3.05, 3.63) is 0 Å². The van der Waals surface area contributed by atoms with Crippen LogP contribution in [0.4, 0.5) is 4.79 Å². The molecule has 0 rings (SSSR count). The van der Waals surface area contributed by atoms with Crippen LogP contribution in [0.25, 0.3) is 0 Å². The number of urea groups is 1. The molecular formula is C12H25N3O3. The molecule has 0 spiro atoms. The molecular weight excluding hydrogens is 234 g/mol. The Balaban J connectivity index is 4.67. The molecule has 0 fully saturated rings. The van der Waals surface area contributed by atoms with Crippen LogP contribution in [-0.2, 0) is 4.79 Å². The van der Waals surface area contributed by atoms with E-state index in [4.69, 9.17) is 0 Å². The van der Waals surface area contributed by atoms with Crippen LogP contribution in [-0.4, -0.2) is 54.7 Å². The van der Waals surface area contributed by atoms with E-state index in [1.165, 1.54) is 4.90 Å². The summed E-state index contributed by atoms with van der Waals surface area (Å²) in [6, 6.07) is -0.274. The molecule has 0 atom stereocenters. The highest BCUT2D eigenvalue weighted by atomic mass is 16.4. The van der Waals surface area contributed by atoms with Crippen LogP contribution in [0.1, 0.15) is 27.7 Å². The quantitative estimate of drug-likeness (QED) is 0.657. The minimum Gasteiger partial charge on any atom is -0.481 e. The molecule has 106 valence electrons. The van der Waals surface area contributed by atoms with E-state index in [-0.39, 0.29) is 6.03 Å². The summed E-state index contributed by atoms with van der Waals surface area (Å²) in [6.07, 6.45) is 0.